The third kappa shape index (κ3) is 2.44. The highest BCUT2D eigenvalue weighted by atomic mass is 79.9. The predicted octanol–water partition coefficient (Wildman–Crippen LogP) is 3.98. The molecule has 20 heavy (non-hydrogen) atoms. The molecule has 0 unspecified atom stereocenters. The second kappa shape index (κ2) is 5.30. The molecule has 0 saturated heterocycles. The van der Waals surface area contributed by atoms with Gasteiger partial charge in [-0.25, -0.2) is 4.98 Å². The lowest BCUT2D eigenvalue weighted by Gasteiger charge is -2.10. The van der Waals surface area contributed by atoms with Crippen molar-refractivity contribution in [1.82, 2.24) is 14.4 Å². The SMILES string of the molecule is CNc1cn2ccnc2c(Oc2cc(Br)ccc2Cl)n1. The summed E-state index contributed by atoms with van der Waals surface area (Å²) in [5.74, 6) is 1.59. The second-order valence-corrected chi connectivity index (χ2v) is 5.34. The van der Waals surface area contributed by atoms with Gasteiger partial charge in [-0.15, -0.1) is 0 Å². The molecule has 0 saturated carbocycles. The number of aromatic nitrogens is 3. The number of ether oxygens (including phenoxy) is 1. The van der Waals surface area contributed by atoms with Crippen LogP contribution in [0.25, 0.3) is 5.65 Å². The normalized spacial score (nSPS) is 10.8. The summed E-state index contributed by atoms with van der Waals surface area (Å²) in [5.41, 5.74) is 0.625. The van der Waals surface area contributed by atoms with Crippen LogP contribution in [0.2, 0.25) is 5.02 Å². The van der Waals surface area contributed by atoms with E-state index in [1.807, 2.05) is 22.9 Å². The summed E-state index contributed by atoms with van der Waals surface area (Å²) in [4.78, 5) is 8.60. The zero-order valence-corrected chi connectivity index (χ0v) is 12.8. The van der Waals surface area contributed by atoms with Gasteiger partial charge in [0.25, 0.3) is 5.88 Å². The van der Waals surface area contributed by atoms with E-state index in [1.54, 1.807) is 25.4 Å². The van der Waals surface area contributed by atoms with Crippen molar-refractivity contribution < 1.29 is 4.74 Å². The fourth-order valence-corrected chi connectivity index (χ4v) is 2.25. The number of fused-ring (bicyclic) bond motifs is 1. The Morgan fingerprint density at radius 2 is 2.25 bits per heavy atom. The van der Waals surface area contributed by atoms with Gasteiger partial charge in [0.05, 0.1) is 11.2 Å². The maximum atomic E-state index is 6.13. The Bertz CT molecular complexity index is 774. The maximum Gasteiger partial charge on any atom is 0.265 e. The van der Waals surface area contributed by atoms with E-state index in [2.05, 4.69) is 31.2 Å². The van der Waals surface area contributed by atoms with Gasteiger partial charge in [0.2, 0.25) is 5.65 Å². The summed E-state index contributed by atoms with van der Waals surface area (Å²) in [6, 6.07) is 5.39. The summed E-state index contributed by atoms with van der Waals surface area (Å²) in [6.07, 6.45) is 5.34. The Labute approximate surface area is 128 Å². The third-order valence-electron chi connectivity index (χ3n) is 2.70. The van der Waals surface area contributed by atoms with Crippen molar-refractivity contribution in [2.75, 3.05) is 12.4 Å². The largest absolute Gasteiger partial charge is 0.434 e. The number of benzene rings is 1. The average Bonchev–Trinajstić information content (AvgIpc) is 2.91. The Morgan fingerprint density at radius 1 is 1.40 bits per heavy atom. The fourth-order valence-electron chi connectivity index (χ4n) is 1.75. The lowest BCUT2D eigenvalue weighted by molar-refractivity contribution is 0.465. The van der Waals surface area contributed by atoms with Gasteiger partial charge in [0.1, 0.15) is 11.6 Å². The Morgan fingerprint density at radius 3 is 3.05 bits per heavy atom. The van der Waals surface area contributed by atoms with Gasteiger partial charge in [0.15, 0.2) is 0 Å². The van der Waals surface area contributed by atoms with Crippen molar-refractivity contribution in [3.05, 3.63) is 46.3 Å². The quantitative estimate of drug-likeness (QED) is 0.774. The third-order valence-corrected chi connectivity index (χ3v) is 3.50. The summed E-state index contributed by atoms with van der Waals surface area (Å²) in [6.45, 7) is 0. The Kier molecular flexibility index (Phi) is 3.50. The van der Waals surface area contributed by atoms with E-state index in [-0.39, 0.29) is 0 Å². The monoisotopic (exact) mass is 352 g/mol. The number of hydrogen-bond acceptors (Lipinski definition) is 4. The predicted molar refractivity (Wildman–Crippen MR) is 81.8 cm³/mol. The highest BCUT2D eigenvalue weighted by Crippen LogP contribution is 2.33. The average molecular weight is 354 g/mol. The molecule has 102 valence electrons. The summed E-state index contributed by atoms with van der Waals surface area (Å²) >= 11 is 9.52. The van der Waals surface area contributed by atoms with E-state index < -0.39 is 0 Å². The molecule has 0 amide bonds. The van der Waals surface area contributed by atoms with Crippen LogP contribution in [0.5, 0.6) is 11.6 Å². The number of nitrogens with one attached hydrogen (secondary N) is 1. The number of nitrogens with zero attached hydrogens (tertiary/aromatic N) is 3. The van der Waals surface area contributed by atoms with Gasteiger partial charge in [-0.1, -0.05) is 27.5 Å². The molecule has 0 aliphatic heterocycles. The molecule has 2 aromatic heterocycles. The van der Waals surface area contributed by atoms with E-state index in [0.717, 1.165) is 4.47 Å². The van der Waals surface area contributed by atoms with Crippen molar-refractivity contribution in [2.45, 2.75) is 0 Å². The molecule has 0 radical (unpaired) electrons. The molecule has 0 spiro atoms. The van der Waals surface area contributed by atoms with E-state index in [4.69, 9.17) is 16.3 Å². The molecule has 0 atom stereocenters. The van der Waals surface area contributed by atoms with Crippen LogP contribution < -0.4 is 10.1 Å². The number of imidazole rings is 1. The molecular formula is C13H10BrClN4O. The van der Waals surface area contributed by atoms with Gasteiger partial charge < -0.3 is 10.1 Å². The second-order valence-electron chi connectivity index (χ2n) is 4.02. The minimum atomic E-state index is 0.391. The lowest BCUT2D eigenvalue weighted by atomic mass is 10.3. The molecule has 1 N–H and O–H groups in total. The Hall–Kier alpha value is -1.79. The molecule has 3 rings (SSSR count). The summed E-state index contributed by atoms with van der Waals surface area (Å²) < 4.78 is 8.52. The molecule has 2 heterocycles. The van der Waals surface area contributed by atoms with E-state index in [0.29, 0.717) is 28.1 Å². The van der Waals surface area contributed by atoms with E-state index in [1.165, 1.54) is 0 Å². The van der Waals surface area contributed by atoms with Crippen LogP contribution in [-0.4, -0.2) is 21.4 Å². The highest BCUT2D eigenvalue weighted by molar-refractivity contribution is 9.10. The smallest absolute Gasteiger partial charge is 0.265 e. The Balaban J connectivity index is 2.09. The standard InChI is InChI=1S/C13H10BrClN4O/c1-16-11-7-19-5-4-17-12(19)13(18-11)20-10-6-8(14)2-3-9(10)15/h2-7,16H,1H3. The fraction of sp³-hybridized carbons (Fsp3) is 0.0769. The first kappa shape index (κ1) is 13.2. The number of halogens is 2. The van der Waals surface area contributed by atoms with Crippen molar-refractivity contribution in [1.29, 1.82) is 0 Å². The minimum Gasteiger partial charge on any atom is -0.434 e. The van der Waals surface area contributed by atoms with Crippen LogP contribution in [0, 0.1) is 0 Å². The molecule has 0 fully saturated rings. The molecule has 0 aliphatic carbocycles. The molecule has 0 aliphatic rings. The van der Waals surface area contributed by atoms with E-state index in [9.17, 15) is 0 Å². The zero-order chi connectivity index (χ0) is 14.1. The van der Waals surface area contributed by atoms with Gasteiger partial charge in [0, 0.05) is 23.9 Å². The number of anilines is 1. The van der Waals surface area contributed by atoms with Gasteiger partial charge in [-0.3, -0.25) is 4.40 Å². The highest BCUT2D eigenvalue weighted by Gasteiger charge is 2.11. The van der Waals surface area contributed by atoms with Crippen LogP contribution in [0.15, 0.2) is 41.3 Å². The first-order valence-electron chi connectivity index (χ1n) is 5.82. The van der Waals surface area contributed by atoms with Crippen LogP contribution in [-0.2, 0) is 0 Å². The summed E-state index contributed by atoms with van der Waals surface area (Å²) in [5, 5.41) is 3.49. The van der Waals surface area contributed by atoms with Gasteiger partial charge in [-0.05, 0) is 18.2 Å². The van der Waals surface area contributed by atoms with Crippen LogP contribution in [0.3, 0.4) is 0 Å². The van der Waals surface area contributed by atoms with Crippen LogP contribution in [0.4, 0.5) is 5.82 Å². The molecule has 0 bridgehead atoms. The number of rotatable bonds is 3. The zero-order valence-electron chi connectivity index (χ0n) is 10.5. The van der Waals surface area contributed by atoms with Crippen LogP contribution in [0.1, 0.15) is 0 Å². The topological polar surface area (TPSA) is 51.5 Å². The van der Waals surface area contributed by atoms with Gasteiger partial charge in [-0.2, -0.15) is 4.98 Å². The first-order valence-corrected chi connectivity index (χ1v) is 6.99. The molecule has 7 heteroatoms. The van der Waals surface area contributed by atoms with Gasteiger partial charge >= 0.3 is 0 Å². The molecule has 1 aromatic carbocycles. The maximum absolute atomic E-state index is 6.13. The minimum absolute atomic E-state index is 0.391. The first-order chi connectivity index (χ1) is 9.67. The van der Waals surface area contributed by atoms with Crippen LogP contribution >= 0.6 is 27.5 Å². The molecular weight excluding hydrogens is 344 g/mol. The molecule has 5 nitrogen and oxygen atoms in total. The van der Waals surface area contributed by atoms with Crippen molar-refractivity contribution in [3.8, 4) is 11.6 Å². The number of hydrogen-bond donors (Lipinski definition) is 1. The molecule has 3 aromatic rings. The summed E-state index contributed by atoms with van der Waals surface area (Å²) in [7, 11) is 1.79. The lowest BCUT2D eigenvalue weighted by Crippen LogP contribution is -1.99. The van der Waals surface area contributed by atoms with Crippen molar-refractivity contribution in [3.63, 3.8) is 0 Å². The van der Waals surface area contributed by atoms with E-state index >= 15 is 0 Å². The van der Waals surface area contributed by atoms with Crippen molar-refractivity contribution in [2.24, 2.45) is 0 Å². The van der Waals surface area contributed by atoms with Crippen molar-refractivity contribution >= 4 is 39.0 Å².